The Morgan fingerprint density at radius 2 is 1.42 bits per heavy atom. The topological polar surface area (TPSA) is 116 Å². The normalized spacial score (nSPS) is 23.0. The van der Waals surface area contributed by atoms with E-state index in [4.69, 9.17) is 14.6 Å². The number of carbonyl (C=O) groups excluding carboxylic acids is 3. The van der Waals surface area contributed by atoms with Crippen molar-refractivity contribution in [2.45, 2.75) is 51.2 Å². The monoisotopic (exact) mass is 722 g/mol. The summed E-state index contributed by atoms with van der Waals surface area (Å²) >= 11 is 0. The fourth-order valence-electron chi connectivity index (χ4n) is 7.07. The third-order valence-electron chi connectivity index (χ3n) is 9.39. The van der Waals surface area contributed by atoms with Gasteiger partial charge in [0.1, 0.15) is 23.7 Å². The van der Waals surface area contributed by atoms with E-state index in [1.165, 1.54) is 5.01 Å². The second-order valence-corrected chi connectivity index (χ2v) is 12.5. The third-order valence-corrected chi connectivity index (χ3v) is 9.39. The summed E-state index contributed by atoms with van der Waals surface area (Å²) in [5, 5.41) is 14.6. The van der Waals surface area contributed by atoms with E-state index in [2.05, 4.69) is 10.3 Å². The largest absolute Gasteiger partial charge is 0.494 e. The molecule has 1 aliphatic carbocycles. The van der Waals surface area contributed by atoms with Crippen molar-refractivity contribution >= 4 is 35.2 Å². The number of hydrogen-bond acceptors (Lipinski definition) is 9. The quantitative estimate of drug-likeness (QED) is 0.111. The lowest BCUT2D eigenvalue weighted by Gasteiger charge is -2.30. The predicted octanol–water partition coefficient (Wildman–Crippen LogP) is 6.30. The number of halogens is 5. The van der Waals surface area contributed by atoms with Crippen LogP contribution in [-0.2, 0) is 14.4 Å². The van der Waals surface area contributed by atoms with Crippen molar-refractivity contribution in [1.82, 2.24) is 10.0 Å². The van der Waals surface area contributed by atoms with E-state index in [0.717, 1.165) is 33.9 Å². The Morgan fingerprint density at radius 1 is 0.827 bits per heavy atom. The molecule has 3 amide bonds. The maximum absolute atomic E-state index is 14.7. The van der Waals surface area contributed by atoms with Crippen LogP contribution in [0.15, 0.2) is 69.5 Å². The standard InChI is InChI=1S/C36H31F5N6O5/c1-3-51-21-12-8-18(9-13-21)16-20-6-5-7-23-30(20)43-47(32(23)19-10-14-22(15-11-19)52-4-2)24(48)17-45-34-31(42-44-45)35(49)46(36(34)50)33-28(40)26(38)25(37)27(39)29(33)41/h8-16,23,31-32,34H,3-7,17H2,1-2H3/b20-16+/t23-,31-,32+,34+/m0/s1. The van der Waals surface area contributed by atoms with Gasteiger partial charge in [0.05, 0.1) is 25.0 Å². The molecule has 52 heavy (non-hydrogen) atoms. The molecular formula is C36H31F5N6O5. The number of fused-ring (bicyclic) bond motifs is 2. The van der Waals surface area contributed by atoms with Crippen molar-refractivity contribution in [3.05, 3.63) is 94.3 Å². The number of anilines is 1. The molecule has 0 spiro atoms. The minimum Gasteiger partial charge on any atom is -0.494 e. The first-order chi connectivity index (χ1) is 25.0. The summed E-state index contributed by atoms with van der Waals surface area (Å²) in [6.07, 6.45) is 4.24. The van der Waals surface area contributed by atoms with Crippen LogP contribution in [0, 0.1) is 35.0 Å². The molecule has 4 aliphatic rings. The van der Waals surface area contributed by atoms with Crippen LogP contribution in [0.25, 0.3) is 6.08 Å². The van der Waals surface area contributed by atoms with Gasteiger partial charge in [0.2, 0.25) is 5.82 Å². The summed E-state index contributed by atoms with van der Waals surface area (Å²) in [6.45, 7) is 4.10. The van der Waals surface area contributed by atoms with Crippen molar-refractivity contribution in [2.75, 3.05) is 24.7 Å². The van der Waals surface area contributed by atoms with Gasteiger partial charge in [-0.15, -0.1) is 0 Å². The molecule has 11 nitrogen and oxygen atoms in total. The molecule has 270 valence electrons. The summed E-state index contributed by atoms with van der Waals surface area (Å²) in [6, 6.07) is 10.9. The van der Waals surface area contributed by atoms with Crippen molar-refractivity contribution < 1.29 is 45.8 Å². The Balaban J connectivity index is 1.19. The lowest BCUT2D eigenvalue weighted by Crippen LogP contribution is -2.45. The van der Waals surface area contributed by atoms with Crippen LogP contribution >= 0.6 is 0 Å². The van der Waals surface area contributed by atoms with Gasteiger partial charge in [0.15, 0.2) is 35.4 Å². The lowest BCUT2D eigenvalue weighted by atomic mass is 9.77. The van der Waals surface area contributed by atoms with Crippen LogP contribution in [0.2, 0.25) is 0 Å². The highest BCUT2D eigenvalue weighted by Gasteiger charge is 2.57. The van der Waals surface area contributed by atoms with E-state index in [0.29, 0.717) is 37.5 Å². The molecule has 1 saturated heterocycles. The molecule has 1 saturated carbocycles. The molecule has 4 atom stereocenters. The molecule has 7 rings (SSSR count). The second-order valence-electron chi connectivity index (χ2n) is 12.5. The van der Waals surface area contributed by atoms with Gasteiger partial charge in [-0.05, 0) is 80.2 Å². The number of amides is 3. The van der Waals surface area contributed by atoms with Gasteiger partial charge in [-0.25, -0.2) is 31.9 Å². The molecule has 3 aromatic rings. The van der Waals surface area contributed by atoms with Crippen molar-refractivity contribution in [1.29, 1.82) is 0 Å². The Hall–Kier alpha value is -5.67. The van der Waals surface area contributed by atoms with Gasteiger partial charge in [0, 0.05) is 5.92 Å². The number of imide groups is 1. The maximum Gasteiger partial charge on any atom is 0.264 e. The number of hydrazone groups is 1. The molecule has 0 bridgehead atoms. The second kappa shape index (κ2) is 13.8. The van der Waals surface area contributed by atoms with Gasteiger partial charge in [-0.1, -0.05) is 29.5 Å². The smallest absolute Gasteiger partial charge is 0.264 e. The summed E-state index contributed by atoms with van der Waals surface area (Å²) in [5.74, 6) is -14.0. The first-order valence-electron chi connectivity index (χ1n) is 16.7. The minimum absolute atomic E-state index is 0.132. The Kier molecular flexibility index (Phi) is 9.23. The Morgan fingerprint density at radius 3 is 2.04 bits per heavy atom. The number of carbonyl (C=O) groups is 3. The minimum atomic E-state index is -2.45. The number of ether oxygens (including phenoxy) is 2. The van der Waals surface area contributed by atoms with Crippen LogP contribution < -0.4 is 14.4 Å². The summed E-state index contributed by atoms with van der Waals surface area (Å²) in [7, 11) is 0. The van der Waals surface area contributed by atoms with Gasteiger partial charge in [0.25, 0.3) is 17.7 Å². The lowest BCUT2D eigenvalue weighted by molar-refractivity contribution is -0.136. The predicted molar refractivity (Wildman–Crippen MR) is 175 cm³/mol. The van der Waals surface area contributed by atoms with E-state index in [1.54, 1.807) is 12.1 Å². The number of rotatable bonds is 9. The zero-order chi connectivity index (χ0) is 36.8. The van der Waals surface area contributed by atoms with Crippen molar-refractivity contribution in [2.24, 2.45) is 21.4 Å². The molecule has 2 fully saturated rings. The van der Waals surface area contributed by atoms with Gasteiger partial charge < -0.3 is 9.47 Å². The van der Waals surface area contributed by atoms with Gasteiger partial charge >= 0.3 is 0 Å². The molecule has 3 aromatic carbocycles. The van der Waals surface area contributed by atoms with Crippen LogP contribution in [0.3, 0.4) is 0 Å². The molecule has 0 radical (unpaired) electrons. The first kappa shape index (κ1) is 34.8. The van der Waals surface area contributed by atoms with Crippen LogP contribution in [-0.4, -0.2) is 65.3 Å². The molecule has 0 N–H and O–H groups in total. The van der Waals surface area contributed by atoms with E-state index >= 15 is 0 Å². The van der Waals surface area contributed by atoms with E-state index in [9.17, 15) is 36.3 Å². The number of benzene rings is 3. The number of hydrogen-bond donors (Lipinski definition) is 0. The summed E-state index contributed by atoms with van der Waals surface area (Å²) in [5.41, 5.74) is 1.59. The Bertz CT molecular complexity index is 2010. The highest BCUT2D eigenvalue weighted by atomic mass is 19.2. The third kappa shape index (κ3) is 5.84. The van der Waals surface area contributed by atoms with E-state index < -0.39 is 77.2 Å². The first-order valence-corrected chi connectivity index (χ1v) is 16.7. The van der Waals surface area contributed by atoms with Gasteiger partial charge in [-0.2, -0.15) is 10.2 Å². The number of nitrogens with zero attached hydrogens (tertiary/aromatic N) is 6. The zero-order valence-corrected chi connectivity index (χ0v) is 27.9. The van der Waals surface area contributed by atoms with E-state index in [-0.39, 0.29) is 10.8 Å². The molecule has 0 aromatic heterocycles. The van der Waals surface area contributed by atoms with Crippen LogP contribution in [0.5, 0.6) is 11.5 Å². The van der Waals surface area contributed by atoms with Crippen LogP contribution in [0.4, 0.5) is 27.6 Å². The fraction of sp³-hybridized carbons (Fsp3) is 0.333. The number of allylic oxidation sites excluding steroid dienone is 1. The molecule has 3 aliphatic heterocycles. The average molecular weight is 723 g/mol. The Labute approximate surface area is 294 Å². The molecule has 3 heterocycles. The summed E-state index contributed by atoms with van der Waals surface area (Å²) < 4.78 is 82.4. The fourth-order valence-corrected chi connectivity index (χ4v) is 7.07. The van der Waals surface area contributed by atoms with Gasteiger partial charge in [-0.3, -0.25) is 19.4 Å². The molecule has 0 unspecified atom stereocenters. The van der Waals surface area contributed by atoms with Crippen molar-refractivity contribution in [3.63, 3.8) is 0 Å². The SMILES string of the molecule is CCOc1ccc(/C=C2\CCC[C@H]3C2=NN(C(=O)CN2N=N[C@@H]4C(=O)N(c5c(F)c(F)c(F)c(F)c5F)C(=O)[C@@H]42)[C@@H]3c2ccc(OCC)cc2)cc1. The van der Waals surface area contributed by atoms with E-state index in [1.807, 2.05) is 56.3 Å². The van der Waals surface area contributed by atoms with Crippen molar-refractivity contribution in [3.8, 4) is 11.5 Å². The zero-order valence-electron chi connectivity index (χ0n) is 27.9. The highest BCUT2D eigenvalue weighted by Crippen LogP contribution is 2.45. The maximum atomic E-state index is 14.7. The molecular weight excluding hydrogens is 691 g/mol. The highest BCUT2D eigenvalue weighted by molar-refractivity contribution is 6.25. The summed E-state index contributed by atoms with van der Waals surface area (Å²) in [4.78, 5) is 40.6. The molecule has 16 heteroatoms. The van der Waals surface area contributed by atoms with Crippen LogP contribution in [0.1, 0.15) is 50.3 Å². The average Bonchev–Trinajstić information content (AvgIpc) is 3.81.